The number of aliphatic hydroxyl groups is 1. The van der Waals surface area contributed by atoms with Crippen LogP contribution < -0.4 is 19.2 Å². The Balaban J connectivity index is 0.000000168. The number of sulfonamides is 2. The van der Waals surface area contributed by atoms with E-state index < -0.39 is 50.0 Å². The zero-order valence-corrected chi connectivity index (χ0v) is 50.6. The number of benzene rings is 4. The van der Waals surface area contributed by atoms with Crippen molar-refractivity contribution in [3.05, 3.63) is 139 Å². The van der Waals surface area contributed by atoms with Gasteiger partial charge in [-0.15, -0.1) is 0 Å². The van der Waals surface area contributed by atoms with E-state index >= 15 is 0 Å². The first-order valence-corrected chi connectivity index (χ1v) is 33.4. The van der Waals surface area contributed by atoms with Gasteiger partial charge in [-0.3, -0.25) is 14.4 Å². The number of rotatable bonds is 22. The third-order valence-electron chi connectivity index (χ3n) is 17.1. The summed E-state index contributed by atoms with van der Waals surface area (Å²) in [5.41, 5.74) is 6.89. The lowest BCUT2D eigenvalue weighted by Crippen LogP contribution is -2.38. The molecular formula is C60H62Cl4N6O13S2. The molecule has 5 saturated carbocycles. The molecule has 0 unspecified atom stereocenters. The number of nitrogens with one attached hydrogen (secondary N) is 2. The Hall–Kier alpha value is -5.75. The highest BCUT2D eigenvalue weighted by Gasteiger charge is 2.47. The molecule has 85 heavy (non-hydrogen) atoms. The maximum Gasteiger partial charge on any atom is 0.308 e. The summed E-state index contributed by atoms with van der Waals surface area (Å²) in [7, 11) is -7.81. The average molecular weight is 1280 g/mol. The van der Waals surface area contributed by atoms with Crippen molar-refractivity contribution in [2.45, 2.75) is 114 Å². The van der Waals surface area contributed by atoms with Gasteiger partial charge in [0, 0.05) is 93.6 Å². The topological polar surface area (TPSA) is 250 Å². The van der Waals surface area contributed by atoms with Gasteiger partial charge in [-0.2, -0.15) is 0 Å². The number of hydrogen-bond acceptors (Lipinski definition) is 17. The van der Waals surface area contributed by atoms with Gasteiger partial charge in [0.15, 0.2) is 0 Å². The Kier molecular flexibility index (Phi) is 17.4. The maximum atomic E-state index is 12.6. The molecule has 4 bridgehead atoms. The minimum absolute atomic E-state index is 0.0848. The molecule has 2 aromatic heterocycles. The van der Waals surface area contributed by atoms with Crippen molar-refractivity contribution in [1.82, 2.24) is 19.8 Å². The van der Waals surface area contributed by atoms with Crippen LogP contribution >= 0.6 is 46.4 Å². The Labute approximate surface area is 512 Å². The van der Waals surface area contributed by atoms with Gasteiger partial charge in [0.25, 0.3) is 11.8 Å². The van der Waals surface area contributed by atoms with Crippen molar-refractivity contribution in [2.24, 2.45) is 17.8 Å². The van der Waals surface area contributed by atoms with Gasteiger partial charge in [-0.1, -0.05) is 68.8 Å². The van der Waals surface area contributed by atoms with Gasteiger partial charge in [0.1, 0.15) is 35.3 Å². The predicted molar refractivity (Wildman–Crippen MR) is 319 cm³/mol. The summed E-state index contributed by atoms with van der Waals surface area (Å²) in [5.74, 6) is 0.209. The summed E-state index contributed by atoms with van der Waals surface area (Å²) in [6.45, 7) is 1.56. The van der Waals surface area contributed by atoms with E-state index in [1.807, 2.05) is 29.0 Å². The Morgan fingerprint density at radius 3 is 1.35 bits per heavy atom. The van der Waals surface area contributed by atoms with Gasteiger partial charge in [0.2, 0.25) is 20.0 Å². The van der Waals surface area contributed by atoms with Crippen molar-refractivity contribution in [3.8, 4) is 22.5 Å². The number of nitrogens with zero attached hydrogens (tertiary/aromatic N) is 4. The van der Waals surface area contributed by atoms with Crippen LogP contribution in [-0.2, 0) is 52.3 Å². The maximum absolute atomic E-state index is 12.6. The van der Waals surface area contributed by atoms with Gasteiger partial charge >= 0.3 is 5.97 Å². The molecule has 0 radical (unpaired) electrons. The number of piperidine rings is 2. The van der Waals surface area contributed by atoms with E-state index in [-0.39, 0.29) is 41.8 Å². The molecule has 450 valence electrons. The van der Waals surface area contributed by atoms with E-state index in [1.165, 1.54) is 0 Å². The molecule has 5 aliphatic carbocycles. The highest BCUT2D eigenvalue weighted by atomic mass is 35.5. The van der Waals surface area contributed by atoms with Crippen molar-refractivity contribution in [1.29, 1.82) is 0 Å². The fourth-order valence-electron chi connectivity index (χ4n) is 12.3. The van der Waals surface area contributed by atoms with Crippen LogP contribution in [-0.4, -0.2) is 112 Å². The van der Waals surface area contributed by atoms with E-state index in [9.17, 15) is 31.2 Å². The molecule has 6 atom stereocenters. The van der Waals surface area contributed by atoms with E-state index in [4.69, 9.17) is 74.8 Å². The lowest BCUT2D eigenvalue weighted by atomic mass is 10.0. The average Bonchev–Trinajstić information content (AvgIpc) is 2.35. The monoisotopic (exact) mass is 1280 g/mol. The van der Waals surface area contributed by atoms with Crippen LogP contribution in [0.4, 0.5) is 11.4 Å². The molecule has 13 rings (SSSR count). The van der Waals surface area contributed by atoms with Gasteiger partial charge in [-0.25, -0.2) is 26.3 Å². The van der Waals surface area contributed by atoms with Crippen LogP contribution in [0.15, 0.2) is 94.0 Å². The number of hydrogen-bond donors (Lipinski definition) is 3. The number of amides is 2. The molecule has 2 amide bonds. The molecule has 7 aliphatic rings. The van der Waals surface area contributed by atoms with Crippen molar-refractivity contribution in [3.63, 3.8) is 0 Å². The van der Waals surface area contributed by atoms with Crippen LogP contribution in [0, 0.1) is 17.8 Å². The third kappa shape index (κ3) is 13.4. The number of esters is 1. The van der Waals surface area contributed by atoms with Crippen LogP contribution in [0.3, 0.4) is 0 Å². The number of carbonyl (C=O) groups is 3. The number of halogens is 4. The molecule has 6 aromatic rings. The second-order valence-corrected chi connectivity index (χ2v) is 28.3. The predicted octanol–water partition coefficient (Wildman–Crippen LogP) is 10.5. The van der Waals surface area contributed by atoms with Crippen LogP contribution in [0.1, 0.15) is 119 Å². The highest BCUT2D eigenvalue weighted by molar-refractivity contribution is 7.90. The third-order valence-corrected chi connectivity index (χ3v) is 20.7. The number of fused-ring (bicyclic) bond motifs is 4. The lowest BCUT2D eigenvalue weighted by molar-refractivity contribution is -0.144. The summed E-state index contributed by atoms with van der Waals surface area (Å²) < 4.78 is 81.8. The first-order chi connectivity index (χ1) is 40.9. The van der Waals surface area contributed by atoms with Gasteiger partial charge in [-0.05, 0) is 137 Å². The smallest absolute Gasteiger partial charge is 0.308 e. The molecule has 7 fully saturated rings. The quantitative estimate of drug-likeness (QED) is 0.0535. The number of carbonyl (C=O) groups excluding carboxylic acids is 3. The molecule has 2 aliphatic heterocycles. The minimum Gasteiger partial charge on any atom is -0.464 e. The van der Waals surface area contributed by atoms with Crippen molar-refractivity contribution in [2.75, 3.05) is 47.6 Å². The SMILES string of the molecule is O=C(NS(=O)(=O)CCO)c1ccc(N2C[C@@H]3C[C@H]2C[C@H]3OCc2c(-c3c(Cl)cccc3Cl)noc2C2CC2)cc1.O=C(NS(=O)(=O)CCOC(=O)C1CC1)c1ccc(N2C[C@@H]3C[C@H]2C[C@H]3OCc2c(-c3c(Cl)cccc3Cl)noc2C2CC2)cc1. The molecule has 0 spiro atoms. The number of aromatic nitrogens is 2. The Morgan fingerprint density at radius 2 is 0.988 bits per heavy atom. The molecule has 25 heteroatoms. The fraction of sp³-hybridized carbons (Fsp3) is 0.450. The lowest BCUT2D eigenvalue weighted by Gasteiger charge is -2.33. The van der Waals surface area contributed by atoms with E-state index in [0.717, 1.165) is 111 Å². The molecule has 4 aromatic carbocycles. The minimum atomic E-state index is -3.94. The van der Waals surface area contributed by atoms with E-state index in [0.29, 0.717) is 91.6 Å². The van der Waals surface area contributed by atoms with Crippen LogP contribution in [0.25, 0.3) is 22.5 Å². The number of ether oxygens (including phenoxy) is 3. The van der Waals surface area contributed by atoms with Crippen LogP contribution in [0.5, 0.6) is 0 Å². The first-order valence-electron chi connectivity index (χ1n) is 28.6. The first kappa shape index (κ1) is 59.6. The zero-order chi connectivity index (χ0) is 59.3. The van der Waals surface area contributed by atoms with Crippen molar-refractivity contribution >= 4 is 95.6 Å². The summed E-state index contributed by atoms with van der Waals surface area (Å²) in [6, 6.07) is 25.2. The fourth-order valence-corrected chi connectivity index (χ4v) is 15.0. The molecule has 4 heterocycles. The standard InChI is InChI=1S/C32H33Cl2N3O7S.C28H29Cl2N3O6S/c33-25-2-1-3-26(34)28(25)29-24(30(44-35-29)18-4-5-18)17-43-27-15-23-14-21(27)16-37(23)22-10-8-19(9-11-22)31(38)36-45(40,41)13-12-42-32(39)20-6-7-20;29-22-2-1-3-23(30)25(22)26-21(27(39-31-26)16-4-5-16)15-38-24-13-20-12-18(24)14-33(20)19-8-6-17(7-9-19)28(35)32-40(36,37)11-10-34/h1-3,8-11,18,20-21,23,27H,4-7,12-17H2,(H,36,38);1-3,6-9,16,18,20,24,34H,4-5,10-15H2,(H,32,35)/t21-,23-,27+;18-,20-,24+/m00/s1. The Morgan fingerprint density at radius 1 is 0.576 bits per heavy atom. The normalized spacial score (nSPS) is 22.4. The summed E-state index contributed by atoms with van der Waals surface area (Å²) in [5, 5.41) is 19.7. The molecular weight excluding hydrogens is 1220 g/mol. The zero-order valence-electron chi connectivity index (χ0n) is 46.0. The second-order valence-electron chi connectivity index (χ2n) is 23.0. The van der Waals surface area contributed by atoms with E-state index in [2.05, 4.69) is 24.8 Å². The van der Waals surface area contributed by atoms with Crippen molar-refractivity contribution < 1.29 is 59.6 Å². The number of anilines is 2. The van der Waals surface area contributed by atoms with Gasteiger partial charge < -0.3 is 38.2 Å². The molecule has 2 saturated heterocycles. The number of aliphatic hydroxyl groups excluding tert-OH is 1. The second kappa shape index (κ2) is 24.8. The molecule has 19 nitrogen and oxygen atoms in total. The van der Waals surface area contributed by atoms with E-state index in [1.54, 1.807) is 60.7 Å². The largest absolute Gasteiger partial charge is 0.464 e. The highest BCUT2D eigenvalue weighted by Crippen LogP contribution is 2.50. The Bertz CT molecular complexity index is 3680. The van der Waals surface area contributed by atoms with Gasteiger partial charge in [0.05, 0.1) is 63.8 Å². The molecule has 3 N–H and O–H groups in total. The summed E-state index contributed by atoms with van der Waals surface area (Å²) in [6.07, 6.45) is 9.75. The van der Waals surface area contributed by atoms with Crippen LogP contribution in [0.2, 0.25) is 20.1 Å². The summed E-state index contributed by atoms with van der Waals surface area (Å²) in [4.78, 5) is 41.2. The summed E-state index contributed by atoms with van der Waals surface area (Å²) >= 11 is 26.0.